The molecule has 0 heterocycles. The van der Waals surface area contributed by atoms with Crippen LogP contribution in [0.2, 0.25) is 0 Å². The highest BCUT2D eigenvalue weighted by Gasteiger charge is 2.23. The lowest BCUT2D eigenvalue weighted by atomic mass is 10.2. The first-order chi connectivity index (χ1) is 8.85. The fraction of sp³-hybridized carbons (Fsp3) is 0.417. The van der Waals surface area contributed by atoms with Gasteiger partial charge in [0.2, 0.25) is 0 Å². The van der Waals surface area contributed by atoms with Crippen LogP contribution >= 0.6 is 7.75 Å². The summed E-state index contributed by atoms with van der Waals surface area (Å²) in [6.07, 6.45) is -0.267. The Labute approximate surface area is 112 Å². The van der Waals surface area contributed by atoms with Crippen molar-refractivity contribution in [1.29, 1.82) is 0 Å². The van der Waals surface area contributed by atoms with Gasteiger partial charge in [0, 0.05) is 0 Å². The highest BCUT2D eigenvalue weighted by atomic mass is 31.2. The van der Waals surface area contributed by atoms with Gasteiger partial charge >= 0.3 is 13.7 Å². The number of rotatable bonds is 6. The van der Waals surface area contributed by atoms with Gasteiger partial charge in [0.05, 0.1) is 12.7 Å². The van der Waals surface area contributed by atoms with Crippen molar-refractivity contribution < 1.29 is 23.1 Å². The van der Waals surface area contributed by atoms with Gasteiger partial charge in [0.1, 0.15) is 11.3 Å². The Kier molecular flexibility index (Phi) is 5.54. The molecular formula is C12H18NO5P. The fourth-order valence-electron chi connectivity index (χ4n) is 1.34. The van der Waals surface area contributed by atoms with Crippen molar-refractivity contribution in [2.45, 2.75) is 26.9 Å². The lowest BCUT2D eigenvalue weighted by molar-refractivity contribution is 0.0376. The van der Waals surface area contributed by atoms with E-state index in [1.807, 2.05) is 0 Å². The predicted octanol–water partition coefficient (Wildman–Crippen LogP) is 2.73. The molecule has 0 radical (unpaired) electrons. The Morgan fingerprint density at radius 3 is 2.58 bits per heavy atom. The van der Waals surface area contributed by atoms with Crippen LogP contribution in [0.3, 0.4) is 0 Å². The molecule has 0 saturated heterocycles. The summed E-state index contributed by atoms with van der Waals surface area (Å²) in [4.78, 5) is 11.8. The lowest BCUT2D eigenvalue weighted by Gasteiger charge is -2.16. The van der Waals surface area contributed by atoms with E-state index >= 15 is 0 Å². The smallest absolute Gasteiger partial charge is 0.456 e. The Hall–Kier alpha value is -1.36. The molecule has 0 bridgehead atoms. The molecule has 1 aromatic carbocycles. The van der Waals surface area contributed by atoms with Gasteiger partial charge in [0.15, 0.2) is 0 Å². The van der Waals surface area contributed by atoms with E-state index in [1.165, 1.54) is 12.1 Å². The zero-order valence-corrected chi connectivity index (χ0v) is 12.1. The lowest BCUT2D eigenvalue weighted by Crippen LogP contribution is -2.14. The van der Waals surface area contributed by atoms with E-state index in [0.717, 1.165) is 0 Å². The van der Waals surface area contributed by atoms with Gasteiger partial charge in [-0.3, -0.25) is 4.52 Å². The number of hydrogen-bond acceptors (Lipinski definition) is 5. The molecule has 0 fully saturated rings. The van der Waals surface area contributed by atoms with E-state index in [0.29, 0.717) is 0 Å². The molecule has 7 heteroatoms. The van der Waals surface area contributed by atoms with Crippen LogP contribution in [0.1, 0.15) is 31.1 Å². The number of para-hydroxylation sites is 1. The van der Waals surface area contributed by atoms with E-state index in [2.05, 4.69) is 0 Å². The minimum Gasteiger partial charge on any atom is -0.459 e. The molecule has 0 amide bonds. The molecule has 106 valence electrons. The third-order valence-electron chi connectivity index (χ3n) is 1.98. The van der Waals surface area contributed by atoms with Crippen LogP contribution in [-0.2, 0) is 13.8 Å². The first kappa shape index (κ1) is 15.7. The molecule has 0 aliphatic carbocycles. The van der Waals surface area contributed by atoms with Crippen molar-refractivity contribution >= 4 is 13.7 Å². The van der Waals surface area contributed by atoms with Crippen molar-refractivity contribution in [3.05, 3.63) is 29.8 Å². The van der Waals surface area contributed by atoms with Crippen LogP contribution in [0.15, 0.2) is 24.3 Å². The van der Waals surface area contributed by atoms with Crippen molar-refractivity contribution in [3.8, 4) is 5.75 Å². The van der Waals surface area contributed by atoms with Crippen LogP contribution in [0, 0.1) is 0 Å². The van der Waals surface area contributed by atoms with Gasteiger partial charge in [-0.15, -0.1) is 0 Å². The first-order valence-corrected chi connectivity index (χ1v) is 7.49. The summed E-state index contributed by atoms with van der Waals surface area (Å²) in [6, 6.07) is 6.26. The number of carbonyl (C=O) groups is 1. The summed E-state index contributed by atoms with van der Waals surface area (Å²) in [7, 11) is -3.72. The minimum absolute atomic E-state index is 0.0763. The Balaban J connectivity index is 2.96. The number of nitrogens with two attached hydrogens (primary N) is 1. The fourth-order valence-corrected chi connectivity index (χ4v) is 2.18. The van der Waals surface area contributed by atoms with Crippen LogP contribution in [0.4, 0.5) is 0 Å². The zero-order chi connectivity index (χ0) is 14.5. The van der Waals surface area contributed by atoms with Gasteiger partial charge in [0.25, 0.3) is 0 Å². The monoisotopic (exact) mass is 287 g/mol. The maximum atomic E-state index is 11.8. The second-order valence-corrected chi connectivity index (χ2v) is 5.52. The van der Waals surface area contributed by atoms with Crippen LogP contribution < -0.4 is 10.0 Å². The minimum atomic E-state index is -3.72. The number of benzene rings is 1. The van der Waals surface area contributed by atoms with Gasteiger partial charge in [-0.05, 0) is 32.9 Å². The number of esters is 1. The average molecular weight is 287 g/mol. The van der Waals surface area contributed by atoms with Crippen LogP contribution in [0.25, 0.3) is 0 Å². The van der Waals surface area contributed by atoms with Crippen molar-refractivity contribution in [1.82, 2.24) is 0 Å². The molecule has 2 N–H and O–H groups in total. The molecule has 0 unspecified atom stereocenters. The quantitative estimate of drug-likeness (QED) is 0.639. The Morgan fingerprint density at radius 2 is 2.00 bits per heavy atom. The highest BCUT2D eigenvalue weighted by Crippen LogP contribution is 2.41. The van der Waals surface area contributed by atoms with E-state index < -0.39 is 13.7 Å². The van der Waals surface area contributed by atoms with E-state index in [-0.39, 0.29) is 24.0 Å². The second kappa shape index (κ2) is 6.70. The number of ether oxygens (including phenoxy) is 1. The molecule has 1 aromatic rings. The molecule has 6 nitrogen and oxygen atoms in total. The molecule has 0 aliphatic rings. The Bertz CT molecular complexity index is 489. The molecule has 1 atom stereocenters. The summed E-state index contributed by atoms with van der Waals surface area (Å²) in [6.45, 7) is 5.25. The molecule has 1 rings (SSSR count). The molecule has 0 saturated carbocycles. The number of carbonyl (C=O) groups excluding carboxylic acids is 1. The SMILES string of the molecule is CCO[P@](N)(=O)Oc1ccccc1C(=O)OC(C)C. The topological polar surface area (TPSA) is 87.9 Å². The summed E-state index contributed by atoms with van der Waals surface area (Å²) in [5.74, 6) is -0.491. The maximum absolute atomic E-state index is 11.8. The molecule has 0 aromatic heterocycles. The van der Waals surface area contributed by atoms with E-state index in [4.69, 9.17) is 19.3 Å². The second-order valence-electron chi connectivity index (χ2n) is 4.00. The predicted molar refractivity (Wildman–Crippen MR) is 71.0 cm³/mol. The van der Waals surface area contributed by atoms with Gasteiger partial charge in [-0.25, -0.2) is 14.9 Å². The summed E-state index contributed by atoms with van der Waals surface area (Å²) >= 11 is 0. The molecular weight excluding hydrogens is 269 g/mol. The first-order valence-electron chi connectivity index (χ1n) is 5.88. The summed E-state index contributed by atoms with van der Waals surface area (Å²) in [5, 5.41) is 0. The Morgan fingerprint density at radius 1 is 1.37 bits per heavy atom. The van der Waals surface area contributed by atoms with Gasteiger partial charge < -0.3 is 9.26 Å². The zero-order valence-electron chi connectivity index (χ0n) is 11.2. The molecule has 0 aliphatic heterocycles. The van der Waals surface area contributed by atoms with Crippen molar-refractivity contribution in [2.75, 3.05) is 6.61 Å². The van der Waals surface area contributed by atoms with E-state index in [9.17, 15) is 9.36 Å². The maximum Gasteiger partial charge on any atom is 0.456 e. The number of hydrogen-bond donors (Lipinski definition) is 1. The normalized spacial score (nSPS) is 13.9. The average Bonchev–Trinajstić information content (AvgIpc) is 2.27. The largest absolute Gasteiger partial charge is 0.459 e. The summed E-state index contributed by atoms with van der Waals surface area (Å²) in [5.41, 5.74) is 5.54. The van der Waals surface area contributed by atoms with Gasteiger partial charge in [-0.1, -0.05) is 12.1 Å². The summed E-state index contributed by atoms with van der Waals surface area (Å²) < 4.78 is 26.7. The molecule has 0 spiro atoms. The third-order valence-corrected chi connectivity index (χ3v) is 3.05. The van der Waals surface area contributed by atoms with Crippen LogP contribution in [-0.4, -0.2) is 18.7 Å². The van der Waals surface area contributed by atoms with Gasteiger partial charge in [-0.2, -0.15) is 0 Å². The van der Waals surface area contributed by atoms with Crippen LogP contribution in [0.5, 0.6) is 5.75 Å². The third kappa shape index (κ3) is 5.03. The van der Waals surface area contributed by atoms with Crippen molar-refractivity contribution in [3.63, 3.8) is 0 Å². The molecule has 19 heavy (non-hydrogen) atoms. The van der Waals surface area contributed by atoms with Crippen molar-refractivity contribution in [2.24, 2.45) is 5.50 Å². The highest BCUT2D eigenvalue weighted by molar-refractivity contribution is 7.51. The van der Waals surface area contributed by atoms with E-state index in [1.54, 1.807) is 32.9 Å². The standard InChI is InChI=1S/C12H18NO5P/c1-4-16-19(13,15)18-11-8-6-5-7-10(11)12(14)17-9(2)3/h5-9H,4H2,1-3H3,(H2,13,15)/t19-/m0/s1.